The van der Waals surface area contributed by atoms with Crippen molar-refractivity contribution in [2.75, 3.05) is 5.75 Å². The van der Waals surface area contributed by atoms with Crippen LogP contribution in [0.15, 0.2) is 0 Å². The summed E-state index contributed by atoms with van der Waals surface area (Å²) in [6, 6.07) is 0. The van der Waals surface area contributed by atoms with Gasteiger partial charge >= 0.3 is 0 Å². The molecule has 1 heterocycles. The number of hydrogen-bond acceptors (Lipinski definition) is 1. The second-order valence-electron chi connectivity index (χ2n) is 4.88. The number of hydrogen-bond donors (Lipinski definition) is 0. The molecule has 2 unspecified atom stereocenters. The van der Waals surface area contributed by atoms with Gasteiger partial charge in [0.2, 0.25) is 0 Å². The first-order valence-corrected chi connectivity index (χ1v) is 6.34. The second-order valence-corrected chi connectivity index (χ2v) is 6.44. The highest BCUT2D eigenvalue weighted by Gasteiger charge is 2.42. The van der Waals surface area contributed by atoms with Gasteiger partial charge < -0.3 is 0 Å². The van der Waals surface area contributed by atoms with Gasteiger partial charge in [-0.3, -0.25) is 0 Å². The van der Waals surface area contributed by atoms with Gasteiger partial charge in [0.1, 0.15) is 0 Å². The van der Waals surface area contributed by atoms with Crippen molar-refractivity contribution in [2.24, 2.45) is 11.8 Å². The molecule has 12 heavy (non-hydrogen) atoms. The molecule has 2 atom stereocenters. The van der Waals surface area contributed by atoms with Crippen LogP contribution in [-0.2, 0) is 0 Å². The zero-order chi connectivity index (χ0) is 8.60. The maximum Gasteiger partial charge on any atom is 0.0163 e. The average molecular weight is 184 g/mol. The molecule has 2 rings (SSSR count). The number of rotatable bonds is 1. The van der Waals surface area contributed by atoms with Crippen molar-refractivity contribution >= 4 is 11.8 Å². The fraction of sp³-hybridized carbons (Fsp3) is 1.00. The third-order valence-electron chi connectivity index (χ3n) is 3.73. The molecular weight excluding hydrogens is 164 g/mol. The Bertz CT molecular complexity index is 156. The minimum Gasteiger partial charge on any atom is -0.155 e. The Morgan fingerprint density at radius 3 is 2.67 bits per heavy atom. The third-order valence-corrected chi connectivity index (χ3v) is 5.41. The van der Waals surface area contributed by atoms with E-state index in [0.717, 1.165) is 16.6 Å². The zero-order valence-corrected chi connectivity index (χ0v) is 9.12. The molecule has 70 valence electrons. The van der Waals surface area contributed by atoms with E-state index in [0.29, 0.717) is 0 Å². The lowest BCUT2D eigenvalue weighted by Crippen LogP contribution is -2.17. The molecule has 0 N–H and O–H groups in total. The smallest absolute Gasteiger partial charge is 0.0163 e. The van der Waals surface area contributed by atoms with Gasteiger partial charge in [-0.25, -0.2) is 0 Å². The molecule has 1 saturated heterocycles. The summed E-state index contributed by atoms with van der Waals surface area (Å²) >= 11 is 2.27. The molecule has 1 aliphatic carbocycles. The van der Waals surface area contributed by atoms with Gasteiger partial charge in [0, 0.05) is 4.75 Å². The Hall–Kier alpha value is 0.350. The summed E-state index contributed by atoms with van der Waals surface area (Å²) in [5.74, 6) is 3.39. The van der Waals surface area contributed by atoms with Gasteiger partial charge in [-0.1, -0.05) is 13.8 Å². The molecule has 1 spiro atoms. The highest BCUT2D eigenvalue weighted by atomic mass is 32.2. The van der Waals surface area contributed by atoms with Crippen LogP contribution in [0.1, 0.15) is 46.0 Å². The van der Waals surface area contributed by atoms with Crippen LogP contribution in [0.3, 0.4) is 0 Å². The van der Waals surface area contributed by atoms with Gasteiger partial charge in [-0.05, 0) is 49.7 Å². The summed E-state index contributed by atoms with van der Waals surface area (Å²) < 4.78 is 0.759. The summed E-state index contributed by atoms with van der Waals surface area (Å²) in [5, 5.41) is 0. The van der Waals surface area contributed by atoms with Crippen LogP contribution in [0.25, 0.3) is 0 Å². The van der Waals surface area contributed by atoms with E-state index < -0.39 is 0 Å². The predicted molar refractivity (Wildman–Crippen MR) is 56.6 cm³/mol. The van der Waals surface area contributed by atoms with Crippen molar-refractivity contribution in [2.45, 2.75) is 50.7 Å². The van der Waals surface area contributed by atoms with Crippen molar-refractivity contribution in [1.29, 1.82) is 0 Å². The van der Waals surface area contributed by atoms with Gasteiger partial charge in [0.25, 0.3) is 0 Å². The average Bonchev–Trinajstić information content (AvgIpc) is 2.62. The summed E-state index contributed by atoms with van der Waals surface area (Å²) in [5.41, 5.74) is 0. The summed E-state index contributed by atoms with van der Waals surface area (Å²) in [6.45, 7) is 4.78. The summed E-state index contributed by atoms with van der Waals surface area (Å²) in [7, 11) is 0. The standard InChI is InChI=1S/C11H20S/c1-9(2)10-4-6-11(8-10)5-3-7-12-11/h9-10H,3-8H2,1-2H3. The van der Waals surface area contributed by atoms with Gasteiger partial charge in [0.05, 0.1) is 0 Å². The minimum absolute atomic E-state index is 0.759. The van der Waals surface area contributed by atoms with Crippen molar-refractivity contribution in [1.82, 2.24) is 0 Å². The first kappa shape index (κ1) is 8.93. The van der Waals surface area contributed by atoms with E-state index in [4.69, 9.17) is 0 Å². The van der Waals surface area contributed by atoms with Crippen LogP contribution in [0, 0.1) is 11.8 Å². The highest BCUT2D eigenvalue weighted by Crippen LogP contribution is 2.53. The quantitative estimate of drug-likeness (QED) is 0.598. The Morgan fingerprint density at radius 1 is 1.33 bits per heavy atom. The Morgan fingerprint density at radius 2 is 2.17 bits per heavy atom. The van der Waals surface area contributed by atoms with Crippen LogP contribution in [0.2, 0.25) is 0 Å². The van der Waals surface area contributed by atoms with Gasteiger partial charge in [-0.2, -0.15) is 11.8 Å². The van der Waals surface area contributed by atoms with E-state index in [-0.39, 0.29) is 0 Å². The van der Waals surface area contributed by atoms with Crippen molar-refractivity contribution in [3.05, 3.63) is 0 Å². The first-order chi connectivity index (χ1) is 5.72. The molecule has 0 nitrogen and oxygen atoms in total. The van der Waals surface area contributed by atoms with Crippen molar-refractivity contribution in [3.8, 4) is 0 Å². The van der Waals surface area contributed by atoms with E-state index >= 15 is 0 Å². The van der Waals surface area contributed by atoms with E-state index in [1.807, 2.05) is 0 Å². The topological polar surface area (TPSA) is 0 Å². The summed E-state index contributed by atoms with van der Waals surface area (Å²) in [6.07, 6.45) is 7.54. The SMILES string of the molecule is CC(C)C1CCC2(CCCS2)C1. The molecule has 1 aliphatic heterocycles. The molecule has 0 radical (unpaired) electrons. The molecule has 0 bridgehead atoms. The lowest BCUT2D eigenvalue weighted by Gasteiger charge is -2.22. The first-order valence-electron chi connectivity index (χ1n) is 5.36. The largest absolute Gasteiger partial charge is 0.155 e. The third kappa shape index (κ3) is 1.53. The normalized spacial score (nSPS) is 41.8. The monoisotopic (exact) mass is 184 g/mol. The fourth-order valence-electron chi connectivity index (χ4n) is 2.81. The van der Waals surface area contributed by atoms with Gasteiger partial charge in [-0.15, -0.1) is 0 Å². The van der Waals surface area contributed by atoms with E-state index in [2.05, 4.69) is 25.6 Å². The second kappa shape index (κ2) is 3.25. The maximum atomic E-state index is 2.39. The van der Waals surface area contributed by atoms with Crippen LogP contribution in [0.5, 0.6) is 0 Å². The molecule has 0 amide bonds. The molecule has 2 fully saturated rings. The van der Waals surface area contributed by atoms with Crippen molar-refractivity contribution < 1.29 is 0 Å². The lowest BCUT2D eigenvalue weighted by atomic mass is 9.92. The van der Waals surface area contributed by atoms with E-state index in [9.17, 15) is 0 Å². The fourth-order valence-corrected chi connectivity index (χ4v) is 4.42. The van der Waals surface area contributed by atoms with Crippen LogP contribution in [-0.4, -0.2) is 10.5 Å². The zero-order valence-electron chi connectivity index (χ0n) is 8.31. The molecule has 2 aliphatic rings. The molecule has 0 aromatic rings. The van der Waals surface area contributed by atoms with Crippen LogP contribution >= 0.6 is 11.8 Å². The van der Waals surface area contributed by atoms with Crippen LogP contribution in [0.4, 0.5) is 0 Å². The summed E-state index contributed by atoms with van der Waals surface area (Å²) in [4.78, 5) is 0. The maximum absolute atomic E-state index is 2.39. The van der Waals surface area contributed by atoms with Crippen LogP contribution < -0.4 is 0 Å². The predicted octanol–water partition coefficient (Wildman–Crippen LogP) is 3.71. The Labute approximate surface area is 80.5 Å². The lowest BCUT2D eigenvalue weighted by molar-refractivity contribution is 0.384. The minimum atomic E-state index is 0.759. The number of thioether (sulfide) groups is 1. The Balaban J connectivity index is 1.96. The Kier molecular flexibility index (Phi) is 2.42. The molecule has 0 aromatic carbocycles. The van der Waals surface area contributed by atoms with E-state index in [1.54, 1.807) is 0 Å². The van der Waals surface area contributed by atoms with Crippen molar-refractivity contribution in [3.63, 3.8) is 0 Å². The highest BCUT2D eigenvalue weighted by molar-refractivity contribution is 8.00. The molecule has 1 heteroatoms. The molecule has 1 saturated carbocycles. The molecular formula is C11H20S. The molecule has 0 aromatic heterocycles. The van der Waals surface area contributed by atoms with E-state index in [1.165, 1.54) is 37.9 Å². The van der Waals surface area contributed by atoms with Gasteiger partial charge in [0.15, 0.2) is 0 Å².